The normalized spacial score (nSPS) is 12.8. The summed E-state index contributed by atoms with van der Waals surface area (Å²) in [6, 6.07) is 4.66. The van der Waals surface area contributed by atoms with Crippen LogP contribution in [0.25, 0.3) is 10.9 Å². The number of nitrogens with one attached hydrogen (secondary N) is 1. The van der Waals surface area contributed by atoms with E-state index in [2.05, 4.69) is 4.98 Å². The van der Waals surface area contributed by atoms with Gasteiger partial charge >= 0.3 is 0 Å². The molecule has 1 heterocycles. The van der Waals surface area contributed by atoms with Crippen molar-refractivity contribution in [2.45, 2.75) is 25.7 Å². The third-order valence-electron chi connectivity index (χ3n) is 3.03. The molecule has 0 aliphatic rings. The van der Waals surface area contributed by atoms with Crippen molar-refractivity contribution in [1.82, 2.24) is 4.98 Å². The number of aromatic amines is 1. The van der Waals surface area contributed by atoms with Crippen molar-refractivity contribution < 1.29 is 9.18 Å². The number of primary amides is 1. The number of carbonyl (C=O) groups is 1. The molecule has 0 saturated heterocycles. The van der Waals surface area contributed by atoms with Crippen LogP contribution >= 0.6 is 0 Å². The SMILES string of the molecule is CC(CCC(N)=O)c1c[nH]c2ccc(F)cc12. The number of amides is 1. The van der Waals surface area contributed by atoms with E-state index in [0.29, 0.717) is 12.8 Å². The van der Waals surface area contributed by atoms with Gasteiger partial charge in [-0.15, -0.1) is 0 Å². The van der Waals surface area contributed by atoms with Gasteiger partial charge < -0.3 is 10.7 Å². The lowest BCUT2D eigenvalue weighted by Gasteiger charge is -2.08. The van der Waals surface area contributed by atoms with Gasteiger partial charge in [0.25, 0.3) is 0 Å². The highest BCUT2D eigenvalue weighted by Crippen LogP contribution is 2.28. The summed E-state index contributed by atoms with van der Waals surface area (Å²) in [5.74, 6) is -0.374. The first-order valence-corrected chi connectivity index (χ1v) is 5.62. The Balaban J connectivity index is 2.28. The fourth-order valence-electron chi connectivity index (χ4n) is 2.04. The predicted molar refractivity (Wildman–Crippen MR) is 65.1 cm³/mol. The van der Waals surface area contributed by atoms with Crippen molar-refractivity contribution >= 4 is 16.8 Å². The number of nitrogens with two attached hydrogens (primary N) is 1. The minimum atomic E-state index is -0.303. The second-order valence-corrected chi connectivity index (χ2v) is 4.34. The molecule has 1 aromatic heterocycles. The Morgan fingerprint density at radius 2 is 2.29 bits per heavy atom. The Bertz CT molecular complexity index is 547. The highest BCUT2D eigenvalue weighted by atomic mass is 19.1. The smallest absolute Gasteiger partial charge is 0.217 e. The molecule has 0 bridgehead atoms. The molecule has 2 aromatic rings. The standard InChI is InChI=1S/C13H15FN2O/c1-8(2-5-13(15)17)11-7-16-12-4-3-9(14)6-10(11)12/h3-4,6-8,16H,2,5H2,1H3,(H2,15,17). The van der Waals surface area contributed by atoms with E-state index in [1.165, 1.54) is 12.1 Å². The van der Waals surface area contributed by atoms with Crippen LogP contribution in [-0.4, -0.2) is 10.9 Å². The Hall–Kier alpha value is -1.84. The number of carbonyl (C=O) groups excluding carboxylic acids is 1. The molecule has 0 aliphatic heterocycles. The maximum Gasteiger partial charge on any atom is 0.217 e. The molecule has 0 radical (unpaired) electrons. The van der Waals surface area contributed by atoms with E-state index in [4.69, 9.17) is 5.73 Å². The van der Waals surface area contributed by atoms with E-state index < -0.39 is 0 Å². The van der Waals surface area contributed by atoms with E-state index in [1.807, 2.05) is 13.1 Å². The highest BCUT2D eigenvalue weighted by Gasteiger charge is 2.12. The molecule has 1 atom stereocenters. The number of rotatable bonds is 4. The molecular weight excluding hydrogens is 219 g/mol. The molecule has 0 fully saturated rings. The van der Waals surface area contributed by atoms with Gasteiger partial charge in [-0.2, -0.15) is 0 Å². The van der Waals surface area contributed by atoms with Crippen molar-refractivity contribution in [2.75, 3.05) is 0 Å². The van der Waals surface area contributed by atoms with E-state index in [9.17, 15) is 9.18 Å². The molecule has 2 rings (SSSR count). The lowest BCUT2D eigenvalue weighted by atomic mass is 9.95. The molecule has 3 nitrogen and oxygen atoms in total. The maximum absolute atomic E-state index is 13.2. The number of benzene rings is 1. The van der Waals surface area contributed by atoms with Gasteiger partial charge in [-0.3, -0.25) is 4.79 Å². The van der Waals surface area contributed by atoms with Crippen LogP contribution in [0, 0.1) is 5.82 Å². The van der Waals surface area contributed by atoms with Crippen LogP contribution in [0.5, 0.6) is 0 Å². The third kappa shape index (κ3) is 2.46. The summed E-state index contributed by atoms with van der Waals surface area (Å²) in [5.41, 5.74) is 7.06. The molecule has 1 aromatic carbocycles. The zero-order valence-electron chi connectivity index (χ0n) is 9.66. The summed E-state index contributed by atoms with van der Waals surface area (Å²) in [7, 11) is 0. The van der Waals surface area contributed by atoms with Gasteiger partial charge in [-0.05, 0) is 36.1 Å². The Morgan fingerprint density at radius 3 is 3.00 bits per heavy atom. The number of hydrogen-bond acceptors (Lipinski definition) is 1. The molecule has 0 aliphatic carbocycles. The number of hydrogen-bond donors (Lipinski definition) is 2. The van der Waals surface area contributed by atoms with Crippen molar-refractivity contribution in [1.29, 1.82) is 0 Å². The molecule has 1 amide bonds. The van der Waals surface area contributed by atoms with Gasteiger partial charge in [0.1, 0.15) is 5.82 Å². The summed E-state index contributed by atoms with van der Waals surface area (Å²) < 4.78 is 13.2. The second-order valence-electron chi connectivity index (χ2n) is 4.34. The maximum atomic E-state index is 13.2. The van der Waals surface area contributed by atoms with Crippen molar-refractivity contribution in [2.24, 2.45) is 5.73 Å². The predicted octanol–water partition coefficient (Wildman–Crippen LogP) is 2.68. The number of aromatic nitrogens is 1. The number of fused-ring (bicyclic) bond motifs is 1. The summed E-state index contributed by atoms with van der Waals surface area (Å²) in [6.07, 6.45) is 2.90. The lowest BCUT2D eigenvalue weighted by molar-refractivity contribution is -0.118. The average molecular weight is 234 g/mol. The van der Waals surface area contributed by atoms with Gasteiger partial charge in [-0.1, -0.05) is 6.92 Å². The van der Waals surface area contributed by atoms with Crippen LogP contribution < -0.4 is 5.73 Å². The number of halogens is 1. The first-order valence-electron chi connectivity index (χ1n) is 5.62. The highest BCUT2D eigenvalue weighted by molar-refractivity contribution is 5.83. The van der Waals surface area contributed by atoms with Crippen LogP contribution in [-0.2, 0) is 4.79 Å². The van der Waals surface area contributed by atoms with E-state index >= 15 is 0 Å². The van der Waals surface area contributed by atoms with Crippen LogP contribution in [0.4, 0.5) is 4.39 Å². The summed E-state index contributed by atoms with van der Waals surface area (Å²) in [4.78, 5) is 13.8. The monoisotopic (exact) mass is 234 g/mol. The van der Waals surface area contributed by atoms with Crippen molar-refractivity contribution in [3.63, 3.8) is 0 Å². The molecule has 1 unspecified atom stereocenters. The fraction of sp³-hybridized carbons (Fsp3) is 0.308. The summed E-state index contributed by atoms with van der Waals surface area (Å²) in [6.45, 7) is 2.01. The van der Waals surface area contributed by atoms with Crippen molar-refractivity contribution in [3.05, 3.63) is 35.8 Å². The van der Waals surface area contributed by atoms with E-state index in [-0.39, 0.29) is 17.6 Å². The van der Waals surface area contributed by atoms with E-state index in [1.54, 1.807) is 6.07 Å². The first-order chi connectivity index (χ1) is 8.08. The van der Waals surface area contributed by atoms with Gasteiger partial charge in [0.05, 0.1) is 0 Å². The lowest BCUT2D eigenvalue weighted by Crippen LogP contribution is -2.11. The first kappa shape index (κ1) is 11.6. The Kier molecular flexibility index (Phi) is 3.13. The topological polar surface area (TPSA) is 58.9 Å². The molecule has 0 saturated carbocycles. The summed E-state index contributed by atoms with van der Waals surface area (Å²) >= 11 is 0. The fourth-order valence-corrected chi connectivity index (χ4v) is 2.04. The molecule has 4 heteroatoms. The van der Waals surface area contributed by atoms with Crippen molar-refractivity contribution in [3.8, 4) is 0 Å². The molecular formula is C13H15FN2O. The molecule has 90 valence electrons. The van der Waals surface area contributed by atoms with Gasteiger partial charge in [0, 0.05) is 23.5 Å². The number of H-pyrrole nitrogens is 1. The van der Waals surface area contributed by atoms with Crippen LogP contribution in [0.2, 0.25) is 0 Å². The molecule has 17 heavy (non-hydrogen) atoms. The summed E-state index contributed by atoms with van der Waals surface area (Å²) in [5, 5.41) is 0.877. The van der Waals surface area contributed by atoms with Crippen LogP contribution in [0.15, 0.2) is 24.4 Å². The average Bonchev–Trinajstić information content (AvgIpc) is 2.68. The van der Waals surface area contributed by atoms with E-state index in [0.717, 1.165) is 16.5 Å². The quantitative estimate of drug-likeness (QED) is 0.839. The minimum absolute atomic E-state index is 0.179. The molecule has 0 spiro atoms. The third-order valence-corrected chi connectivity index (χ3v) is 3.03. The van der Waals surface area contributed by atoms with Crippen LogP contribution in [0.3, 0.4) is 0 Å². The zero-order chi connectivity index (χ0) is 12.4. The van der Waals surface area contributed by atoms with Gasteiger partial charge in [0.2, 0.25) is 5.91 Å². The largest absolute Gasteiger partial charge is 0.370 e. The Labute approximate surface area is 98.8 Å². The van der Waals surface area contributed by atoms with Gasteiger partial charge in [-0.25, -0.2) is 4.39 Å². The zero-order valence-corrected chi connectivity index (χ0v) is 9.66. The second kappa shape index (κ2) is 4.57. The van der Waals surface area contributed by atoms with Gasteiger partial charge in [0.15, 0.2) is 0 Å². The van der Waals surface area contributed by atoms with Crippen LogP contribution in [0.1, 0.15) is 31.2 Å². The Morgan fingerprint density at radius 1 is 1.53 bits per heavy atom. The molecule has 3 N–H and O–H groups in total. The minimum Gasteiger partial charge on any atom is -0.370 e.